The largest absolute Gasteiger partial charge is 0.378 e. The van der Waals surface area contributed by atoms with E-state index in [2.05, 4.69) is 31.0 Å². The number of nitrogens with zero attached hydrogens (tertiary/aromatic N) is 8. The average Bonchev–Trinajstić information content (AvgIpc) is 3.61. The van der Waals surface area contributed by atoms with E-state index in [1.165, 1.54) is 6.42 Å². The Bertz CT molecular complexity index is 1540. The molecule has 7 rings (SSSR count). The third-order valence-electron chi connectivity index (χ3n) is 9.03. The number of amides is 1. The molecule has 11 heteroatoms. The second-order valence-electron chi connectivity index (χ2n) is 11.8. The molecular formula is C30H35N9O2. The fourth-order valence-corrected chi connectivity index (χ4v) is 6.56. The van der Waals surface area contributed by atoms with Crippen molar-refractivity contribution in [1.82, 2.24) is 30.0 Å². The maximum atomic E-state index is 12.8. The highest BCUT2D eigenvalue weighted by atomic mass is 16.5. The van der Waals surface area contributed by atoms with E-state index < -0.39 is 0 Å². The number of aryl methyl sites for hydroxylation is 1. The first kappa shape index (κ1) is 25.9. The zero-order valence-electron chi connectivity index (χ0n) is 23.5. The number of carbonyl (C=O) groups is 1. The molecular weight excluding hydrogens is 518 g/mol. The van der Waals surface area contributed by atoms with Gasteiger partial charge in [-0.05, 0) is 44.5 Å². The molecule has 4 saturated heterocycles. The molecule has 0 saturated carbocycles. The lowest BCUT2D eigenvalue weighted by Gasteiger charge is -2.47. The smallest absolute Gasteiger partial charge is 0.246 e. The Hall–Kier alpha value is -4.01. The Morgan fingerprint density at radius 2 is 1.95 bits per heavy atom. The summed E-state index contributed by atoms with van der Waals surface area (Å²) in [4.78, 5) is 31.5. The minimum Gasteiger partial charge on any atom is -0.378 e. The molecule has 1 aromatic carbocycles. The fourth-order valence-electron chi connectivity index (χ4n) is 6.56. The van der Waals surface area contributed by atoms with Crippen LogP contribution in [-0.4, -0.2) is 108 Å². The lowest BCUT2D eigenvalue weighted by atomic mass is 9.79. The standard InChI is InChI=1S/C30H35N9O2/c1-21-5-6-24-23(17-32-35-24)26(21)27-22(16-31)28(34-29(33-27)37-12-14-41-15-13-37)38-11-7-30(18-38)19-39(20-30)25(40)4-2-8-36-9-3-10-36/h2,4-6,17H,3,7-15,18-20H2,1H3,(H,32,35)/b4-2+. The first-order chi connectivity index (χ1) is 20.0. The predicted molar refractivity (Wildman–Crippen MR) is 156 cm³/mol. The first-order valence-corrected chi connectivity index (χ1v) is 14.5. The van der Waals surface area contributed by atoms with Crippen LogP contribution in [0.1, 0.15) is 24.0 Å². The van der Waals surface area contributed by atoms with Crippen molar-refractivity contribution in [1.29, 1.82) is 5.26 Å². The van der Waals surface area contributed by atoms with E-state index in [1.54, 1.807) is 12.3 Å². The molecule has 6 heterocycles. The van der Waals surface area contributed by atoms with Crippen molar-refractivity contribution in [2.45, 2.75) is 19.8 Å². The molecule has 4 fully saturated rings. The SMILES string of the molecule is Cc1ccc2[nH]ncc2c1-c1nc(N2CCOCC2)nc(N2CCC3(CN(C(=O)/C=C/CN4CCC4)C3)C2)c1C#N. The van der Waals surface area contributed by atoms with Crippen molar-refractivity contribution in [2.24, 2.45) is 5.41 Å². The summed E-state index contributed by atoms with van der Waals surface area (Å²) in [5.74, 6) is 1.39. The number of benzene rings is 1. The van der Waals surface area contributed by atoms with Crippen LogP contribution < -0.4 is 9.80 Å². The third kappa shape index (κ3) is 4.71. The van der Waals surface area contributed by atoms with Gasteiger partial charge in [0.05, 0.1) is 30.6 Å². The average molecular weight is 554 g/mol. The third-order valence-corrected chi connectivity index (χ3v) is 9.03. The monoisotopic (exact) mass is 553 g/mol. The van der Waals surface area contributed by atoms with E-state index in [9.17, 15) is 10.1 Å². The normalized spacial score (nSPS) is 20.5. The number of rotatable bonds is 6. The number of ether oxygens (including phenoxy) is 1. The van der Waals surface area contributed by atoms with Gasteiger partial charge >= 0.3 is 0 Å². The molecule has 212 valence electrons. The summed E-state index contributed by atoms with van der Waals surface area (Å²) in [7, 11) is 0. The minimum atomic E-state index is 0.0262. The van der Waals surface area contributed by atoms with Crippen molar-refractivity contribution >= 4 is 28.6 Å². The van der Waals surface area contributed by atoms with E-state index in [1.807, 2.05) is 30.0 Å². The van der Waals surface area contributed by atoms with Crippen molar-refractivity contribution in [3.8, 4) is 17.3 Å². The Morgan fingerprint density at radius 1 is 1.12 bits per heavy atom. The summed E-state index contributed by atoms with van der Waals surface area (Å²) in [5.41, 5.74) is 3.99. The molecule has 4 aliphatic heterocycles. The number of likely N-dealkylation sites (tertiary alicyclic amines) is 2. The van der Waals surface area contributed by atoms with Crippen LogP contribution >= 0.6 is 0 Å². The van der Waals surface area contributed by atoms with Gasteiger partial charge in [0.2, 0.25) is 11.9 Å². The molecule has 1 amide bonds. The van der Waals surface area contributed by atoms with Gasteiger partial charge in [0.1, 0.15) is 11.6 Å². The zero-order chi connectivity index (χ0) is 28.0. The van der Waals surface area contributed by atoms with Gasteiger partial charge in [0, 0.05) is 68.3 Å². The highest BCUT2D eigenvalue weighted by Crippen LogP contribution is 2.43. The zero-order valence-corrected chi connectivity index (χ0v) is 23.5. The number of H-pyrrole nitrogens is 1. The molecule has 0 unspecified atom stereocenters. The lowest BCUT2D eigenvalue weighted by Crippen LogP contribution is -2.59. The van der Waals surface area contributed by atoms with Crippen molar-refractivity contribution in [3.05, 3.63) is 41.6 Å². The van der Waals surface area contributed by atoms with E-state index in [0.29, 0.717) is 49.3 Å². The van der Waals surface area contributed by atoms with Gasteiger partial charge < -0.3 is 19.4 Å². The first-order valence-electron chi connectivity index (χ1n) is 14.5. The number of carbonyl (C=O) groups excluding carboxylic acids is 1. The van der Waals surface area contributed by atoms with Gasteiger partial charge in [0.15, 0.2) is 5.82 Å². The van der Waals surface area contributed by atoms with E-state index in [-0.39, 0.29) is 11.3 Å². The predicted octanol–water partition coefficient (Wildman–Crippen LogP) is 2.34. The summed E-state index contributed by atoms with van der Waals surface area (Å²) >= 11 is 0. The molecule has 0 bridgehead atoms. The molecule has 0 radical (unpaired) electrons. The van der Waals surface area contributed by atoms with E-state index >= 15 is 0 Å². The summed E-state index contributed by atoms with van der Waals surface area (Å²) in [6, 6.07) is 6.51. The molecule has 41 heavy (non-hydrogen) atoms. The fraction of sp³-hybridized carbons (Fsp3) is 0.500. The van der Waals surface area contributed by atoms with Crippen LogP contribution in [0.25, 0.3) is 22.2 Å². The topological polar surface area (TPSA) is 118 Å². The molecule has 3 aromatic rings. The van der Waals surface area contributed by atoms with Crippen LogP contribution in [-0.2, 0) is 9.53 Å². The van der Waals surface area contributed by atoms with Gasteiger partial charge in [0.25, 0.3) is 0 Å². The number of hydrogen-bond donors (Lipinski definition) is 1. The molecule has 0 aliphatic carbocycles. The molecule has 4 aliphatic rings. The lowest BCUT2D eigenvalue weighted by molar-refractivity contribution is -0.136. The van der Waals surface area contributed by atoms with Crippen LogP contribution in [0.4, 0.5) is 11.8 Å². The number of morpholine rings is 1. The number of nitrogens with one attached hydrogen (secondary N) is 1. The summed E-state index contributed by atoms with van der Waals surface area (Å²) in [6.45, 7) is 10.8. The van der Waals surface area contributed by atoms with Crippen LogP contribution in [0.2, 0.25) is 0 Å². The van der Waals surface area contributed by atoms with E-state index in [0.717, 1.165) is 74.3 Å². The Balaban J connectivity index is 1.18. The molecule has 11 nitrogen and oxygen atoms in total. The maximum Gasteiger partial charge on any atom is 0.246 e. The van der Waals surface area contributed by atoms with Crippen molar-refractivity contribution in [3.63, 3.8) is 0 Å². The van der Waals surface area contributed by atoms with Gasteiger partial charge in [-0.2, -0.15) is 15.3 Å². The molecule has 0 atom stereocenters. The highest BCUT2D eigenvalue weighted by molar-refractivity contribution is 5.97. The van der Waals surface area contributed by atoms with Crippen molar-refractivity contribution in [2.75, 3.05) is 81.9 Å². The van der Waals surface area contributed by atoms with Gasteiger partial charge in [-0.3, -0.25) is 14.8 Å². The minimum absolute atomic E-state index is 0.0262. The second kappa shape index (κ2) is 10.4. The van der Waals surface area contributed by atoms with Crippen LogP contribution in [0.15, 0.2) is 30.5 Å². The number of aromatic nitrogens is 4. The van der Waals surface area contributed by atoms with Crippen LogP contribution in [0, 0.1) is 23.7 Å². The van der Waals surface area contributed by atoms with Crippen LogP contribution in [0.3, 0.4) is 0 Å². The molecule has 2 aromatic heterocycles. The van der Waals surface area contributed by atoms with Gasteiger partial charge in [-0.25, -0.2) is 4.98 Å². The quantitative estimate of drug-likeness (QED) is 0.459. The highest BCUT2D eigenvalue weighted by Gasteiger charge is 2.49. The number of hydrogen-bond acceptors (Lipinski definition) is 9. The summed E-state index contributed by atoms with van der Waals surface area (Å²) in [6.07, 6.45) is 7.74. The molecule has 1 N–H and O–H groups in total. The number of aromatic amines is 1. The van der Waals surface area contributed by atoms with Crippen molar-refractivity contribution < 1.29 is 9.53 Å². The van der Waals surface area contributed by atoms with Gasteiger partial charge in [-0.1, -0.05) is 12.1 Å². The number of nitriles is 1. The summed E-state index contributed by atoms with van der Waals surface area (Å²) in [5, 5.41) is 18.8. The second-order valence-corrected chi connectivity index (χ2v) is 11.8. The van der Waals surface area contributed by atoms with E-state index in [4.69, 9.17) is 14.7 Å². The maximum absolute atomic E-state index is 12.8. The Morgan fingerprint density at radius 3 is 2.71 bits per heavy atom. The van der Waals surface area contributed by atoms with Gasteiger partial charge in [-0.15, -0.1) is 0 Å². The van der Waals surface area contributed by atoms with Crippen LogP contribution in [0.5, 0.6) is 0 Å². The molecule has 1 spiro atoms. The number of fused-ring (bicyclic) bond motifs is 1. The Labute approximate surface area is 239 Å². The summed E-state index contributed by atoms with van der Waals surface area (Å²) < 4.78 is 5.59. The Kier molecular flexibility index (Phi) is 6.60. The number of anilines is 2.